The molecule has 0 radical (unpaired) electrons. The van der Waals surface area contributed by atoms with Crippen molar-refractivity contribution in [1.29, 1.82) is 0 Å². The lowest BCUT2D eigenvalue weighted by molar-refractivity contribution is 0.471. The van der Waals surface area contributed by atoms with Gasteiger partial charge in [0.1, 0.15) is 5.82 Å². The van der Waals surface area contributed by atoms with Crippen LogP contribution in [0.5, 0.6) is 0 Å². The van der Waals surface area contributed by atoms with Crippen molar-refractivity contribution in [2.24, 2.45) is 0 Å². The van der Waals surface area contributed by atoms with Gasteiger partial charge in [-0.25, -0.2) is 4.39 Å². The average Bonchev–Trinajstić information content (AvgIpc) is 2.29. The summed E-state index contributed by atoms with van der Waals surface area (Å²) < 4.78 is 13.9. The number of nitrogens with one attached hydrogen (secondary N) is 1. The number of nitrogen functional groups attached to an aromatic ring is 1. The van der Waals surface area contributed by atoms with Crippen molar-refractivity contribution in [2.75, 3.05) is 11.1 Å². The third kappa shape index (κ3) is 3.61. The zero-order valence-electron chi connectivity index (χ0n) is 10.5. The maximum atomic E-state index is 13.5. The highest BCUT2D eigenvalue weighted by atomic mass is 79.9. The zero-order valence-corrected chi connectivity index (χ0v) is 12.1. The molecule has 1 aromatic rings. The van der Waals surface area contributed by atoms with Gasteiger partial charge in [0.25, 0.3) is 0 Å². The van der Waals surface area contributed by atoms with Gasteiger partial charge in [-0.05, 0) is 34.8 Å². The zero-order chi connectivity index (χ0) is 13.0. The van der Waals surface area contributed by atoms with Crippen LogP contribution in [0.1, 0.15) is 44.9 Å². The van der Waals surface area contributed by atoms with Crippen LogP contribution in [-0.2, 0) is 0 Å². The summed E-state index contributed by atoms with van der Waals surface area (Å²) in [6.45, 7) is 0. The van der Waals surface area contributed by atoms with Crippen molar-refractivity contribution in [3.8, 4) is 0 Å². The van der Waals surface area contributed by atoms with Gasteiger partial charge < -0.3 is 11.1 Å². The van der Waals surface area contributed by atoms with E-state index in [0.717, 1.165) is 18.5 Å². The molecule has 1 aliphatic rings. The predicted molar refractivity (Wildman–Crippen MR) is 78.2 cm³/mol. The summed E-state index contributed by atoms with van der Waals surface area (Å²) >= 11 is 3.15. The summed E-state index contributed by atoms with van der Waals surface area (Å²) in [6.07, 6.45) is 8.76. The van der Waals surface area contributed by atoms with Crippen LogP contribution in [0.25, 0.3) is 0 Å². The molecule has 1 aromatic carbocycles. The lowest BCUT2D eigenvalue weighted by atomic mass is 9.96. The Labute approximate surface area is 116 Å². The van der Waals surface area contributed by atoms with Gasteiger partial charge in [0, 0.05) is 12.1 Å². The molecular formula is C14H20BrFN2. The molecule has 1 aliphatic carbocycles. The van der Waals surface area contributed by atoms with E-state index in [4.69, 9.17) is 5.73 Å². The Bertz CT molecular complexity index is 401. The Morgan fingerprint density at radius 2 is 1.72 bits per heavy atom. The van der Waals surface area contributed by atoms with Gasteiger partial charge in [-0.15, -0.1) is 0 Å². The molecule has 18 heavy (non-hydrogen) atoms. The van der Waals surface area contributed by atoms with E-state index in [-0.39, 0.29) is 5.82 Å². The minimum absolute atomic E-state index is 0.266. The highest BCUT2D eigenvalue weighted by molar-refractivity contribution is 9.10. The first-order chi connectivity index (χ1) is 8.66. The molecule has 0 bridgehead atoms. The first-order valence-corrected chi connectivity index (χ1v) is 7.47. The van der Waals surface area contributed by atoms with Gasteiger partial charge in [0.15, 0.2) is 0 Å². The molecule has 1 saturated carbocycles. The summed E-state index contributed by atoms with van der Waals surface area (Å²) in [5.74, 6) is -0.266. The fourth-order valence-corrected chi connectivity index (χ4v) is 2.87. The normalized spacial score (nSPS) is 18.1. The molecule has 4 heteroatoms. The highest BCUT2D eigenvalue weighted by Crippen LogP contribution is 2.29. The van der Waals surface area contributed by atoms with Crippen LogP contribution < -0.4 is 11.1 Å². The average molecular weight is 315 g/mol. The Hall–Kier alpha value is -0.770. The van der Waals surface area contributed by atoms with Gasteiger partial charge in [-0.2, -0.15) is 0 Å². The molecule has 0 atom stereocenters. The first-order valence-electron chi connectivity index (χ1n) is 6.68. The maximum Gasteiger partial charge on any atom is 0.139 e. The largest absolute Gasteiger partial charge is 0.397 e. The van der Waals surface area contributed by atoms with Crippen LogP contribution in [0.4, 0.5) is 15.8 Å². The van der Waals surface area contributed by atoms with E-state index in [1.807, 2.05) is 0 Å². The predicted octanol–water partition coefficient (Wildman–Crippen LogP) is 4.70. The van der Waals surface area contributed by atoms with Crippen LogP contribution in [-0.4, -0.2) is 6.04 Å². The smallest absolute Gasteiger partial charge is 0.139 e. The van der Waals surface area contributed by atoms with Crippen LogP contribution >= 0.6 is 15.9 Å². The molecule has 0 amide bonds. The van der Waals surface area contributed by atoms with E-state index in [0.29, 0.717) is 16.2 Å². The van der Waals surface area contributed by atoms with Crippen LogP contribution in [0, 0.1) is 5.82 Å². The second-order valence-electron chi connectivity index (χ2n) is 5.04. The van der Waals surface area contributed by atoms with Gasteiger partial charge >= 0.3 is 0 Å². The molecule has 0 heterocycles. The number of nitrogens with two attached hydrogens (primary N) is 1. The summed E-state index contributed by atoms with van der Waals surface area (Å²) in [5.41, 5.74) is 7.24. The number of hydrogen-bond acceptors (Lipinski definition) is 2. The summed E-state index contributed by atoms with van der Waals surface area (Å²) in [4.78, 5) is 0. The van der Waals surface area contributed by atoms with Crippen molar-refractivity contribution in [2.45, 2.75) is 51.0 Å². The minimum Gasteiger partial charge on any atom is -0.397 e. The van der Waals surface area contributed by atoms with Crippen molar-refractivity contribution in [3.05, 3.63) is 22.4 Å². The van der Waals surface area contributed by atoms with E-state index >= 15 is 0 Å². The van der Waals surface area contributed by atoms with Gasteiger partial charge in [0.05, 0.1) is 15.8 Å². The molecule has 100 valence electrons. The summed E-state index contributed by atoms with van der Waals surface area (Å²) in [7, 11) is 0. The van der Waals surface area contributed by atoms with Crippen LogP contribution in [0.3, 0.4) is 0 Å². The summed E-state index contributed by atoms with van der Waals surface area (Å²) in [6, 6.07) is 3.53. The molecule has 0 aromatic heterocycles. The first kappa shape index (κ1) is 13.7. The molecule has 2 nitrogen and oxygen atoms in total. The van der Waals surface area contributed by atoms with Gasteiger partial charge in [-0.1, -0.05) is 32.1 Å². The third-order valence-corrected chi connectivity index (χ3v) is 4.16. The van der Waals surface area contributed by atoms with Crippen LogP contribution in [0.2, 0.25) is 0 Å². The molecular weight excluding hydrogens is 295 g/mol. The van der Waals surface area contributed by atoms with E-state index in [1.165, 1.54) is 38.2 Å². The Balaban J connectivity index is 2.05. The summed E-state index contributed by atoms with van der Waals surface area (Å²) in [5, 5.41) is 3.40. The number of rotatable bonds is 2. The van der Waals surface area contributed by atoms with Crippen molar-refractivity contribution in [3.63, 3.8) is 0 Å². The SMILES string of the molecule is Nc1cc(Br)c(F)cc1NC1CCCCCCC1. The molecule has 0 spiro atoms. The molecule has 0 aliphatic heterocycles. The second-order valence-corrected chi connectivity index (χ2v) is 5.89. The third-order valence-electron chi connectivity index (χ3n) is 3.56. The van der Waals surface area contributed by atoms with E-state index in [9.17, 15) is 4.39 Å². The van der Waals surface area contributed by atoms with Crippen LogP contribution in [0.15, 0.2) is 16.6 Å². The highest BCUT2D eigenvalue weighted by Gasteiger charge is 2.13. The lowest BCUT2D eigenvalue weighted by Gasteiger charge is -2.23. The maximum absolute atomic E-state index is 13.5. The van der Waals surface area contributed by atoms with Crippen molar-refractivity contribution in [1.82, 2.24) is 0 Å². The molecule has 1 fully saturated rings. The standard InChI is InChI=1S/C14H20BrFN2/c15-11-8-13(17)14(9-12(11)16)18-10-6-4-2-1-3-5-7-10/h8-10,18H,1-7,17H2. The molecule has 3 N–H and O–H groups in total. The topological polar surface area (TPSA) is 38.0 Å². The monoisotopic (exact) mass is 314 g/mol. The molecule has 0 unspecified atom stereocenters. The molecule has 0 saturated heterocycles. The second kappa shape index (κ2) is 6.41. The van der Waals surface area contributed by atoms with Crippen molar-refractivity contribution < 1.29 is 4.39 Å². The number of anilines is 2. The number of halogens is 2. The lowest BCUT2D eigenvalue weighted by Crippen LogP contribution is -2.21. The fraction of sp³-hybridized carbons (Fsp3) is 0.571. The van der Waals surface area contributed by atoms with Gasteiger partial charge in [0.2, 0.25) is 0 Å². The van der Waals surface area contributed by atoms with E-state index < -0.39 is 0 Å². The fourth-order valence-electron chi connectivity index (χ4n) is 2.51. The van der Waals surface area contributed by atoms with E-state index in [1.54, 1.807) is 6.07 Å². The quantitative estimate of drug-likeness (QED) is 0.777. The Kier molecular flexibility index (Phi) is 4.87. The van der Waals surface area contributed by atoms with Gasteiger partial charge in [-0.3, -0.25) is 0 Å². The molecule has 2 rings (SSSR count). The van der Waals surface area contributed by atoms with Crippen molar-refractivity contribution >= 4 is 27.3 Å². The Morgan fingerprint density at radius 3 is 2.39 bits per heavy atom. The Morgan fingerprint density at radius 1 is 1.11 bits per heavy atom. The van der Waals surface area contributed by atoms with E-state index in [2.05, 4.69) is 21.2 Å². The minimum atomic E-state index is -0.266. The number of benzene rings is 1. The number of hydrogen-bond donors (Lipinski definition) is 2.